The maximum absolute atomic E-state index is 13.5. The van der Waals surface area contributed by atoms with Crippen LogP contribution in [0.2, 0.25) is 5.02 Å². The number of aryl methyl sites for hydroxylation is 1. The molecule has 0 fully saturated rings. The van der Waals surface area contributed by atoms with E-state index < -0.39 is 35.6 Å². The molecule has 0 aliphatic heterocycles. The number of methoxy groups -OCH3 is 1. The summed E-state index contributed by atoms with van der Waals surface area (Å²) in [5, 5.41) is 0.170. The van der Waals surface area contributed by atoms with Crippen molar-refractivity contribution in [2.45, 2.75) is 44.4 Å². The summed E-state index contributed by atoms with van der Waals surface area (Å²) >= 11 is 6.27. The number of carbonyl (C=O) groups is 1. The Hall–Kier alpha value is -3.18. The first-order valence-electron chi connectivity index (χ1n) is 10.6. The first kappa shape index (κ1) is 27.4. The predicted octanol–water partition coefficient (Wildman–Crippen LogP) is 5.73. The molecule has 12 heteroatoms. The van der Waals surface area contributed by atoms with E-state index >= 15 is 0 Å². The summed E-state index contributed by atoms with van der Waals surface area (Å²) in [4.78, 5) is 35.0. The van der Waals surface area contributed by atoms with E-state index in [1.165, 1.54) is 42.5 Å². The lowest BCUT2D eigenvalue weighted by Gasteiger charge is -2.29. The van der Waals surface area contributed by atoms with Crippen LogP contribution in [-0.2, 0) is 21.9 Å². The second-order valence-electron chi connectivity index (χ2n) is 8.26. The number of hydrogen-bond donors (Lipinski definition) is 1. The number of hydrogen-bond acceptors (Lipinski definition) is 5. The van der Waals surface area contributed by atoms with Crippen LogP contribution >= 0.6 is 11.6 Å². The second kappa shape index (κ2) is 10.1. The Bertz CT molecular complexity index is 1320. The molecule has 0 amide bonds. The smallest absolute Gasteiger partial charge is 0.362 e. The number of alkyl halides is 5. The van der Waals surface area contributed by atoms with Crippen LogP contribution in [0.25, 0.3) is 22.8 Å². The van der Waals surface area contributed by atoms with Gasteiger partial charge in [0.1, 0.15) is 5.82 Å². The fraction of sp³-hybridized carbons (Fsp3) is 0.333. The molecule has 2 aromatic carbocycles. The molecule has 36 heavy (non-hydrogen) atoms. The monoisotopic (exact) mass is 529 g/mol. The normalized spacial score (nSPS) is 13.9. The van der Waals surface area contributed by atoms with Crippen molar-refractivity contribution < 1.29 is 31.5 Å². The van der Waals surface area contributed by atoms with E-state index in [0.29, 0.717) is 18.1 Å². The number of aromatic amines is 1. The molecule has 0 saturated heterocycles. The van der Waals surface area contributed by atoms with Crippen LogP contribution in [0.5, 0.6) is 0 Å². The van der Waals surface area contributed by atoms with Crippen molar-refractivity contribution >= 4 is 17.4 Å². The number of Topliss-reactive ketones (excluding diaryl/α,β-unsaturated/α-hetero) is 1. The molecule has 1 aromatic heterocycles. The van der Waals surface area contributed by atoms with Crippen LogP contribution < -0.4 is 5.69 Å². The van der Waals surface area contributed by atoms with Gasteiger partial charge in [0.25, 0.3) is 5.92 Å². The molecule has 6 nitrogen and oxygen atoms in total. The zero-order valence-corrected chi connectivity index (χ0v) is 20.1. The van der Waals surface area contributed by atoms with Gasteiger partial charge in [-0.05, 0) is 31.0 Å². The summed E-state index contributed by atoms with van der Waals surface area (Å²) in [6.45, 7) is 1.43. The molecule has 0 aliphatic carbocycles. The summed E-state index contributed by atoms with van der Waals surface area (Å²) in [6, 6.07) is 9.55. The van der Waals surface area contributed by atoms with E-state index in [-0.39, 0.29) is 34.2 Å². The van der Waals surface area contributed by atoms with Crippen molar-refractivity contribution in [3.8, 4) is 22.8 Å². The molecule has 0 bridgehead atoms. The zero-order valence-electron chi connectivity index (χ0n) is 19.3. The number of carbonyl (C=O) groups excluding carboxylic acids is 1. The van der Waals surface area contributed by atoms with Gasteiger partial charge in [-0.1, -0.05) is 41.9 Å². The summed E-state index contributed by atoms with van der Waals surface area (Å²) < 4.78 is 71.3. The van der Waals surface area contributed by atoms with E-state index in [1.54, 1.807) is 0 Å². The van der Waals surface area contributed by atoms with Gasteiger partial charge in [-0.2, -0.15) is 18.2 Å². The fourth-order valence-corrected chi connectivity index (χ4v) is 3.55. The van der Waals surface area contributed by atoms with Crippen LogP contribution in [0.4, 0.5) is 22.0 Å². The predicted molar refractivity (Wildman–Crippen MR) is 123 cm³/mol. The third-order valence-electron chi connectivity index (χ3n) is 5.71. The number of aromatic nitrogens is 3. The minimum atomic E-state index is -4.88. The number of ether oxygens (including phenoxy) is 1. The number of halogens is 6. The van der Waals surface area contributed by atoms with Crippen LogP contribution in [0.15, 0.2) is 47.3 Å². The minimum Gasteiger partial charge on any atom is -0.362 e. The maximum Gasteiger partial charge on any atom is 0.424 e. The number of benzene rings is 2. The molecule has 0 unspecified atom stereocenters. The van der Waals surface area contributed by atoms with Gasteiger partial charge >= 0.3 is 11.9 Å². The second-order valence-corrected chi connectivity index (χ2v) is 8.67. The van der Waals surface area contributed by atoms with Gasteiger partial charge in [-0.15, -0.1) is 0 Å². The Kier molecular flexibility index (Phi) is 7.66. The quantitative estimate of drug-likeness (QED) is 0.377. The molecule has 3 aromatic rings. The number of H-pyrrole nitrogens is 1. The highest BCUT2D eigenvalue weighted by Crippen LogP contribution is 2.35. The summed E-state index contributed by atoms with van der Waals surface area (Å²) in [5.74, 6) is -4.23. The Labute approximate surface area is 207 Å². The molecular formula is C24H21ClF5N3O3. The molecule has 0 spiro atoms. The van der Waals surface area contributed by atoms with Gasteiger partial charge in [0.05, 0.1) is 5.02 Å². The third-order valence-corrected chi connectivity index (χ3v) is 6.04. The Morgan fingerprint density at radius 2 is 1.67 bits per heavy atom. The number of rotatable bonds is 8. The molecule has 0 radical (unpaired) electrons. The van der Waals surface area contributed by atoms with Crippen LogP contribution in [-0.4, -0.2) is 39.6 Å². The van der Waals surface area contributed by atoms with Gasteiger partial charge in [-0.25, -0.2) is 18.6 Å². The van der Waals surface area contributed by atoms with Gasteiger partial charge in [-0.3, -0.25) is 9.78 Å². The molecule has 0 saturated carbocycles. The summed E-state index contributed by atoms with van der Waals surface area (Å²) in [7, 11) is 0.816. The summed E-state index contributed by atoms with van der Waals surface area (Å²) in [5.41, 5.74) is -2.94. The van der Waals surface area contributed by atoms with Crippen molar-refractivity contribution in [3.63, 3.8) is 0 Å². The van der Waals surface area contributed by atoms with E-state index in [9.17, 15) is 31.5 Å². The largest absolute Gasteiger partial charge is 0.424 e. The van der Waals surface area contributed by atoms with Crippen LogP contribution in [0.1, 0.15) is 31.4 Å². The fourth-order valence-electron chi connectivity index (χ4n) is 3.35. The maximum atomic E-state index is 13.5. The number of nitrogens with one attached hydrogen (secondary N) is 1. The molecule has 1 N–H and O–H groups in total. The van der Waals surface area contributed by atoms with Crippen molar-refractivity contribution in [3.05, 3.63) is 69.1 Å². The Balaban J connectivity index is 1.91. The third kappa shape index (κ3) is 5.79. The number of nitrogens with zero attached hydrogens (tertiary/aromatic N) is 2. The zero-order chi connectivity index (χ0) is 26.9. The van der Waals surface area contributed by atoms with Gasteiger partial charge in [0, 0.05) is 37.1 Å². The highest BCUT2D eigenvalue weighted by atomic mass is 35.5. The summed E-state index contributed by atoms with van der Waals surface area (Å²) in [6.07, 6.45) is -5.41. The molecule has 1 atom stereocenters. The van der Waals surface area contributed by atoms with Crippen molar-refractivity contribution in [2.24, 2.45) is 0 Å². The SMILES string of the molecule is CO[C@](C)(C(=O)CCc1ccc(Cl)c(-c2nc(-c3ccc(C(C)(F)F)cc3)nc(=O)[nH]2)c1)C(F)(F)F. The topological polar surface area (TPSA) is 84.9 Å². The first-order chi connectivity index (χ1) is 16.7. The van der Waals surface area contributed by atoms with E-state index in [2.05, 4.69) is 19.7 Å². The standard InChI is InChI=1S/C24H21ClF5N3O3/c1-22(36-3,24(28,29)30)18(34)11-5-13-4-10-17(25)16(12-13)20-31-19(32-21(35)33-20)14-6-8-15(9-7-14)23(2,26)27/h4,6-10,12H,5,11H2,1-3H3,(H,31,32,33,35)/t22-/m1/s1. The molecule has 3 rings (SSSR count). The first-order valence-corrected chi connectivity index (χ1v) is 10.9. The number of ketones is 1. The highest BCUT2D eigenvalue weighted by Gasteiger charge is 2.56. The Morgan fingerprint density at radius 1 is 1.03 bits per heavy atom. The lowest BCUT2D eigenvalue weighted by molar-refractivity contribution is -0.252. The van der Waals surface area contributed by atoms with Crippen molar-refractivity contribution in [1.82, 2.24) is 15.0 Å². The Morgan fingerprint density at radius 3 is 2.22 bits per heavy atom. The molecule has 0 aliphatic rings. The van der Waals surface area contributed by atoms with E-state index in [1.807, 2.05) is 0 Å². The van der Waals surface area contributed by atoms with E-state index in [4.69, 9.17) is 11.6 Å². The van der Waals surface area contributed by atoms with E-state index in [0.717, 1.165) is 14.0 Å². The van der Waals surface area contributed by atoms with Gasteiger partial charge < -0.3 is 4.74 Å². The van der Waals surface area contributed by atoms with Crippen LogP contribution in [0, 0.1) is 0 Å². The highest BCUT2D eigenvalue weighted by molar-refractivity contribution is 6.33. The lowest BCUT2D eigenvalue weighted by atomic mass is 9.94. The van der Waals surface area contributed by atoms with Crippen LogP contribution in [0.3, 0.4) is 0 Å². The molecule has 192 valence electrons. The van der Waals surface area contributed by atoms with Crippen molar-refractivity contribution in [1.29, 1.82) is 0 Å². The molecule has 1 heterocycles. The average molecular weight is 530 g/mol. The van der Waals surface area contributed by atoms with Gasteiger partial charge in [0.2, 0.25) is 5.60 Å². The van der Waals surface area contributed by atoms with Gasteiger partial charge in [0.15, 0.2) is 11.6 Å². The molecular weight excluding hydrogens is 509 g/mol. The minimum absolute atomic E-state index is 0.00472. The lowest BCUT2D eigenvalue weighted by Crippen LogP contribution is -2.51. The van der Waals surface area contributed by atoms with Crippen molar-refractivity contribution in [2.75, 3.05) is 7.11 Å². The average Bonchev–Trinajstić information content (AvgIpc) is 2.81.